The Labute approximate surface area is 122 Å². The summed E-state index contributed by atoms with van der Waals surface area (Å²) in [6.45, 7) is 6.56. The van der Waals surface area contributed by atoms with Gasteiger partial charge in [-0.15, -0.1) is 0 Å². The van der Waals surface area contributed by atoms with E-state index in [1.165, 1.54) is 30.4 Å². The van der Waals surface area contributed by atoms with E-state index < -0.39 is 0 Å². The Morgan fingerprint density at radius 1 is 1.05 bits per heavy atom. The van der Waals surface area contributed by atoms with Crippen LogP contribution >= 0.6 is 0 Å². The molecule has 0 spiro atoms. The van der Waals surface area contributed by atoms with Crippen LogP contribution in [-0.4, -0.2) is 0 Å². The Morgan fingerprint density at radius 3 is 2.40 bits per heavy atom. The van der Waals surface area contributed by atoms with Crippen molar-refractivity contribution in [3.8, 4) is 0 Å². The van der Waals surface area contributed by atoms with Crippen molar-refractivity contribution < 1.29 is 4.42 Å². The molecule has 0 aliphatic heterocycles. The van der Waals surface area contributed by atoms with Crippen molar-refractivity contribution in [2.75, 3.05) is 0 Å². The lowest BCUT2D eigenvalue weighted by Gasteiger charge is -2.19. The summed E-state index contributed by atoms with van der Waals surface area (Å²) in [6, 6.07) is 13.4. The van der Waals surface area contributed by atoms with E-state index in [1.807, 2.05) is 12.1 Å². The maximum atomic E-state index is 5.43. The summed E-state index contributed by atoms with van der Waals surface area (Å²) >= 11 is 0. The van der Waals surface area contributed by atoms with Crippen LogP contribution in [0.15, 0.2) is 47.1 Å². The highest BCUT2D eigenvalue weighted by Gasteiger charge is 2.12. The average Bonchev–Trinajstić information content (AvgIpc) is 3.00. The van der Waals surface area contributed by atoms with Crippen molar-refractivity contribution in [1.29, 1.82) is 0 Å². The summed E-state index contributed by atoms with van der Waals surface area (Å²) in [5, 5.41) is 3.57. The highest BCUT2D eigenvalue weighted by atomic mass is 16.3. The maximum absolute atomic E-state index is 5.43. The second-order valence-corrected chi connectivity index (χ2v) is 5.47. The first-order chi connectivity index (χ1) is 9.70. The molecule has 1 aromatic carbocycles. The minimum Gasteiger partial charge on any atom is -0.468 e. The molecule has 2 heteroatoms. The van der Waals surface area contributed by atoms with E-state index in [2.05, 4.69) is 50.4 Å². The summed E-state index contributed by atoms with van der Waals surface area (Å²) in [5.74, 6) is 0.983. The molecule has 1 N–H and O–H groups in total. The number of aryl methyl sites for hydroxylation is 1. The minimum atomic E-state index is 0.222. The summed E-state index contributed by atoms with van der Waals surface area (Å²) in [6.07, 6.45) is 5.42. The van der Waals surface area contributed by atoms with Crippen LogP contribution in [0.3, 0.4) is 0 Å². The van der Waals surface area contributed by atoms with Gasteiger partial charge in [-0.25, -0.2) is 0 Å². The SMILES string of the molecule is CCCCc1ccc(C(C)N[C@@H](C)c2ccco2)cc1. The van der Waals surface area contributed by atoms with E-state index in [0.29, 0.717) is 6.04 Å². The second kappa shape index (κ2) is 7.30. The van der Waals surface area contributed by atoms with Gasteiger partial charge in [-0.2, -0.15) is 0 Å². The molecule has 0 fully saturated rings. The number of hydrogen-bond acceptors (Lipinski definition) is 2. The van der Waals surface area contributed by atoms with Gasteiger partial charge in [-0.3, -0.25) is 0 Å². The predicted molar refractivity (Wildman–Crippen MR) is 83.7 cm³/mol. The van der Waals surface area contributed by atoms with Crippen molar-refractivity contribution in [2.24, 2.45) is 0 Å². The van der Waals surface area contributed by atoms with Gasteiger partial charge in [-0.05, 0) is 49.9 Å². The zero-order valence-corrected chi connectivity index (χ0v) is 12.7. The molecule has 2 nitrogen and oxygen atoms in total. The van der Waals surface area contributed by atoms with Gasteiger partial charge in [-0.1, -0.05) is 37.6 Å². The van der Waals surface area contributed by atoms with Gasteiger partial charge in [0.1, 0.15) is 5.76 Å². The van der Waals surface area contributed by atoms with Crippen LogP contribution in [0.5, 0.6) is 0 Å². The number of hydrogen-bond donors (Lipinski definition) is 1. The standard InChI is InChI=1S/C18H25NO/c1-4-5-7-16-9-11-17(12-10-16)14(2)19-15(3)18-8-6-13-20-18/h6,8-15,19H,4-5,7H2,1-3H3/t14?,15-/m0/s1. The highest BCUT2D eigenvalue weighted by molar-refractivity contribution is 5.25. The zero-order chi connectivity index (χ0) is 14.4. The predicted octanol–water partition coefficient (Wildman–Crippen LogP) is 5.03. The lowest BCUT2D eigenvalue weighted by molar-refractivity contribution is 0.403. The Bertz CT molecular complexity index is 487. The molecule has 108 valence electrons. The molecule has 0 bridgehead atoms. The molecule has 1 heterocycles. The number of unbranched alkanes of at least 4 members (excludes halogenated alkanes) is 1. The largest absolute Gasteiger partial charge is 0.468 e. The molecule has 2 atom stereocenters. The fourth-order valence-electron chi connectivity index (χ4n) is 2.44. The van der Waals surface area contributed by atoms with Crippen molar-refractivity contribution in [1.82, 2.24) is 5.32 Å². The first-order valence-corrected chi connectivity index (χ1v) is 7.59. The first kappa shape index (κ1) is 14.9. The van der Waals surface area contributed by atoms with Crippen molar-refractivity contribution >= 4 is 0 Å². The lowest BCUT2D eigenvalue weighted by atomic mass is 10.0. The molecule has 0 aliphatic carbocycles. The fraction of sp³-hybridized carbons (Fsp3) is 0.444. The molecule has 0 radical (unpaired) electrons. The summed E-state index contributed by atoms with van der Waals surface area (Å²) in [5.41, 5.74) is 2.76. The van der Waals surface area contributed by atoms with Crippen LogP contribution in [0.4, 0.5) is 0 Å². The smallest absolute Gasteiger partial charge is 0.120 e. The molecule has 0 saturated carbocycles. The Kier molecular flexibility index (Phi) is 5.42. The molecular weight excluding hydrogens is 246 g/mol. The van der Waals surface area contributed by atoms with E-state index in [1.54, 1.807) is 6.26 Å². The Balaban J connectivity index is 1.93. The van der Waals surface area contributed by atoms with E-state index in [0.717, 1.165) is 5.76 Å². The summed E-state index contributed by atoms with van der Waals surface area (Å²) in [4.78, 5) is 0. The van der Waals surface area contributed by atoms with Crippen LogP contribution in [-0.2, 0) is 6.42 Å². The molecule has 0 aliphatic rings. The third-order valence-corrected chi connectivity index (χ3v) is 3.77. The third-order valence-electron chi connectivity index (χ3n) is 3.77. The molecule has 1 unspecified atom stereocenters. The van der Waals surface area contributed by atoms with Gasteiger partial charge < -0.3 is 9.73 Å². The van der Waals surface area contributed by atoms with Gasteiger partial charge in [0, 0.05) is 6.04 Å². The molecule has 2 rings (SSSR count). The molecule has 0 amide bonds. The Morgan fingerprint density at radius 2 is 1.80 bits per heavy atom. The molecule has 20 heavy (non-hydrogen) atoms. The van der Waals surface area contributed by atoms with Gasteiger partial charge in [0.05, 0.1) is 12.3 Å². The van der Waals surface area contributed by atoms with Gasteiger partial charge in [0.2, 0.25) is 0 Å². The first-order valence-electron chi connectivity index (χ1n) is 7.59. The van der Waals surface area contributed by atoms with E-state index in [-0.39, 0.29) is 6.04 Å². The molecule has 2 aromatic rings. The van der Waals surface area contributed by atoms with Crippen LogP contribution < -0.4 is 5.32 Å². The number of nitrogens with one attached hydrogen (secondary N) is 1. The van der Waals surface area contributed by atoms with Gasteiger partial charge in [0.25, 0.3) is 0 Å². The summed E-state index contributed by atoms with van der Waals surface area (Å²) < 4.78 is 5.43. The Hall–Kier alpha value is -1.54. The minimum absolute atomic E-state index is 0.222. The number of furan rings is 1. The zero-order valence-electron chi connectivity index (χ0n) is 12.7. The number of rotatable bonds is 7. The quantitative estimate of drug-likeness (QED) is 0.763. The maximum Gasteiger partial charge on any atom is 0.120 e. The molecule has 1 aromatic heterocycles. The van der Waals surface area contributed by atoms with Gasteiger partial charge in [0.15, 0.2) is 0 Å². The van der Waals surface area contributed by atoms with Crippen LogP contribution in [0, 0.1) is 0 Å². The monoisotopic (exact) mass is 271 g/mol. The van der Waals surface area contributed by atoms with Crippen LogP contribution in [0.2, 0.25) is 0 Å². The average molecular weight is 271 g/mol. The van der Waals surface area contributed by atoms with Gasteiger partial charge >= 0.3 is 0 Å². The van der Waals surface area contributed by atoms with E-state index in [4.69, 9.17) is 4.42 Å². The van der Waals surface area contributed by atoms with E-state index >= 15 is 0 Å². The number of benzene rings is 1. The fourth-order valence-corrected chi connectivity index (χ4v) is 2.44. The van der Waals surface area contributed by atoms with Crippen molar-refractivity contribution in [2.45, 2.75) is 52.1 Å². The highest BCUT2D eigenvalue weighted by Crippen LogP contribution is 2.20. The normalized spacial score (nSPS) is 14.2. The second-order valence-electron chi connectivity index (χ2n) is 5.47. The van der Waals surface area contributed by atoms with Crippen molar-refractivity contribution in [3.05, 3.63) is 59.5 Å². The van der Waals surface area contributed by atoms with Crippen molar-refractivity contribution in [3.63, 3.8) is 0 Å². The van der Waals surface area contributed by atoms with Crippen LogP contribution in [0.1, 0.15) is 62.6 Å². The van der Waals surface area contributed by atoms with E-state index in [9.17, 15) is 0 Å². The summed E-state index contributed by atoms with van der Waals surface area (Å²) in [7, 11) is 0. The third kappa shape index (κ3) is 3.97. The topological polar surface area (TPSA) is 25.2 Å². The lowest BCUT2D eigenvalue weighted by Crippen LogP contribution is -2.22. The molecule has 0 saturated heterocycles. The molecular formula is C18H25NO. The van der Waals surface area contributed by atoms with Crippen LogP contribution in [0.25, 0.3) is 0 Å².